The molecule has 2 rings (SSSR count). The normalized spacial score (nSPS) is 11.4. The highest BCUT2D eigenvalue weighted by Crippen LogP contribution is 2.20. The van der Waals surface area contributed by atoms with E-state index < -0.39 is 0 Å². The van der Waals surface area contributed by atoms with Crippen LogP contribution in [0.2, 0.25) is 0 Å². The molecule has 0 atom stereocenters. The SMILES string of the molecule is COc1ccc([N+]([O-])=Nc2ccc(CO)cc2)cc1. The molecule has 0 radical (unpaired) electrons. The second-order valence-corrected chi connectivity index (χ2v) is 3.90. The summed E-state index contributed by atoms with van der Waals surface area (Å²) in [4.78, 5) is 0.549. The quantitative estimate of drug-likeness (QED) is 0.520. The lowest BCUT2D eigenvalue weighted by molar-refractivity contribution is -0.435. The van der Waals surface area contributed by atoms with Crippen molar-refractivity contribution in [3.05, 3.63) is 59.3 Å². The summed E-state index contributed by atoms with van der Waals surface area (Å²) >= 11 is 0. The van der Waals surface area contributed by atoms with Gasteiger partial charge in [-0.1, -0.05) is 17.0 Å². The highest BCUT2D eigenvalue weighted by atomic mass is 16.5. The Bertz CT molecular complexity index is 562. The van der Waals surface area contributed by atoms with Crippen LogP contribution in [-0.2, 0) is 6.61 Å². The fraction of sp³-hybridized carbons (Fsp3) is 0.143. The van der Waals surface area contributed by atoms with E-state index in [1.807, 2.05) is 0 Å². The standard InChI is InChI=1S/C14H14N2O3/c1-19-14-8-6-13(7-9-14)16(18)15-12-4-2-11(10-17)3-5-12/h2-9,17H,10H2,1H3. The molecule has 0 saturated carbocycles. The molecule has 0 amide bonds. The monoisotopic (exact) mass is 258 g/mol. The zero-order valence-electron chi connectivity index (χ0n) is 10.5. The molecular formula is C14H14N2O3. The molecule has 0 saturated heterocycles. The molecule has 0 bridgehead atoms. The predicted octanol–water partition coefficient (Wildman–Crippen LogP) is 3.11. The van der Waals surface area contributed by atoms with Crippen LogP contribution in [0.15, 0.2) is 53.6 Å². The van der Waals surface area contributed by atoms with E-state index in [0.717, 1.165) is 5.56 Å². The Balaban J connectivity index is 2.20. The lowest BCUT2D eigenvalue weighted by atomic mass is 10.2. The van der Waals surface area contributed by atoms with Gasteiger partial charge in [0.05, 0.1) is 13.7 Å². The van der Waals surface area contributed by atoms with Crippen molar-refractivity contribution in [2.75, 3.05) is 7.11 Å². The van der Waals surface area contributed by atoms with E-state index in [1.54, 1.807) is 55.6 Å². The van der Waals surface area contributed by atoms with Crippen molar-refractivity contribution in [2.24, 2.45) is 5.11 Å². The van der Waals surface area contributed by atoms with Crippen LogP contribution in [0.25, 0.3) is 0 Å². The first-order valence-electron chi connectivity index (χ1n) is 5.75. The van der Waals surface area contributed by atoms with Crippen molar-refractivity contribution >= 4 is 11.4 Å². The molecule has 5 heteroatoms. The zero-order chi connectivity index (χ0) is 13.7. The highest BCUT2D eigenvalue weighted by molar-refractivity contribution is 5.39. The minimum atomic E-state index is -0.0279. The zero-order valence-corrected chi connectivity index (χ0v) is 10.5. The molecule has 0 aliphatic rings. The molecule has 19 heavy (non-hydrogen) atoms. The van der Waals surface area contributed by atoms with Gasteiger partial charge in [-0.05, 0) is 29.8 Å². The molecule has 98 valence electrons. The van der Waals surface area contributed by atoms with Crippen molar-refractivity contribution < 1.29 is 14.7 Å². The average molecular weight is 258 g/mol. The van der Waals surface area contributed by atoms with Crippen molar-refractivity contribution in [1.29, 1.82) is 0 Å². The van der Waals surface area contributed by atoms with Crippen molar-refractivity contribution in [3.8, 4) is 5.75 Å². The summed E-state index contributed by atoms with van der Waals surface area (Å²) in [5.41, 5.74) is 1.73. The Labute approximate surface area is 111 Å². The topological polar surface area (TPSA) is 67.9 Å². The Morgan fingerprint density at radius 3 is 2.26 bits per heavy atom. The third kappa shape index (κ3) is 3.29. The van der Waals surface area contributed by atoms with Crippen LogP contribution >= 0.6 is 0 Å². The number of ether oxygens (including phenoxy) is 1. The molecule has 2 aromatic carbocycles. The Morgan fingerprint density at radius 1 is 1.11 bits per heavy atom. The lowest BCUT2D eigenvalue weighted by Crippen LogP contribution is -1.91. The molecule has 1 N–H and O–H groups in total. The Morgan fingerprint density at radius 2 is 1.74 bits per heavy atom. The minimum absolute atomic E-state index is 0.0279. The molecular weight excluding hydrogens is 244 g/mol. The maximum absolute atomic E-state index is 11.8. The van der Waals surface area contributed by atoms with Crippen molar-refractivity contribution in [2.45, 2.75) is 6.61 Å². The maximum Gasteiger partial charge on any atom is 0.245 e. The molecule has 0 aliphatic carbocycles. The van der Waals surface area contributed by atoms with Gasteiger partial charge in [-0.3, -0.25) is 0 Å². The number of aliphatic hydroxyl groups excluding tert-OH is 1. The van der Waals surface area contributed by atoms with Crippen LogP contribution in [0.1, 0.15) is 5.56 Å². The van der Waals surface area contributed by atoms with Gasteiger partial charge in [0.15, 0.2) is 0 Å². The number of nitrogens with zero attached hydrogens (tertiary/aromatic N) is 2. The maximum atomic E-state index is 11.8. The largest absolute Gasteiger partial charge is 0.594 e. The minimum Gasteiger partial charge on any atom is -0.594 e. The lowest BCUT2D eigenvalue weighted by Gasteiger charge is -2.02. The second-order valence-electron chi connectivity index (χ2n) is 3.90. The van der Waals surface area contributed by atoms with Gasteiger partial charge < -0.3 is 15.1 Å². The number of aliphatic hydroxyl groups is 1. The van der Waals surface area contributed by atoms with E-state index in [9.17, 15) is 5.21 Å². The van der Waals surface area contributed by atoms with Crippen LogP contribution in [0.4, 0.5) is 11.4 Å². The number of azo groups is 1. The fourth-order valence-electron chi connectivity index (χ4n) is 1.54. The summed E-state index contributed by atoms with van der Waals surface area (Å²) in [6.07, 6.45) is 0. The van der Waals surface area contributed by atoms with Gasteiger partial charge in [-0.15, -0.1) is 0 Å². The van der Waals surface area contributed by atoms with Crippen LogP contribution in [0, 0.1) is 5.21 Å². The summed E-state index contributed by atoms with van der Waals surface area (Å²) in [5, 5.41) is 24.7. The number of hydrogen-bond acceptors (Lipinski definition) is 4. The average Bonchev–Trinajstić information content (AvgIpc) is 2.48. The van der Waals surface area contributed by atoms with Gasteiger partial charge in [0.1, 0.15) is 11.4 Å². The van der Waals surface area contributed by atoms with E-state index >= 15 is 0 Å². The predicted molar refractivity (Wildman–Crippen MR) is 70.7 cm³/mol. The van der Waals surface area contributed by atoms with E-state index in [1.165, 1.54) is 0 Å². The van der Waals surface area contributed by atoms with E-state index in [-0.39, 0.29) is 6.61 Å². The summed E-state index contributed by atoms with van der Waals surface area (Å²) in [5.74, 6) is 0.685. The number of rotatable bonds is 4. The number of methoxy groups -OCH3 is 1. The van der Waals surface area contributed by atoms with Crippen molar-refractivity contribution in [1.82, 2.24) is 0 Å². The van der Waals surface area contributed by atoms with Crippen LogP contribution < -0.4 is 4.74 Å². The van der Waals surface area contributed by atoms with Crippen LogP contribution in [0.3, 0.4) is 0 Å². The van der Waals surface area contributed by atoms with Gasteiger partial charge >= 0.3 is 0 Å². The smallest absolute Gasteiger partial charge is 0.245 e. The van der Waals surface area contributed by atoms with E-state index in [4.69, 9.17) is 9.84 Å². The Kier molecular flexibility index (Phi) is 4.10. The third-order valence-corrected chi connectivity index (χ3v) is 2.62. The van der Waals surface area contributed by atoms with E-state index in [2.05, 4.69) is 5.11 Å². The first-order valence-corrected chi connectivity index (χ1v) is 5.75. The third-order valence-electron chi connectivity index (χ3n) is 2.62. The highest BCUT2D eigenvalue weighted by Gasteiger charge is 2.04. The number of hydrogen-bond donors (Lipinski definition) is 1. The fourth-order valence-corrected chi connectivity index (χ4v) is 1.54. The summed E-state index contributed by atoms with van der Waals surface area (Å²) < 4.78 is 5.02. The van der Waals surface area contributed by atoms with Crippen LogP contribution in [0.5, 0.6) is 5.75 Å². The van der Waals surface area contributed by atoms with Crippen LogP contribution in [-0.4, -0.2) is 17.1 Å². The molecule has 0 aromatic heterocycles. The molecule has 2 aromatic rings. The van der Waals surface area contributed by atoms with Gasteiger partial charge in [-0.2, -0.15) is 0 Å². The first kappa shape index (κ1) is 13.0. The summed E-state index contributed by atoms with van der Waals surface area (Å²) in [6.45, 7) is -0.0279. The molecule has 5 nitrogen and oxygen atoms in total. The second kappa shape index (κ2) is 5.97. The first-order chi connectivity index (χ1) is 9.22. The van der Waals surface area contributed by atoms with Crippen molar-refractivity contribution in [3.63, 3.8) is 0 Å². The molecule has 0 heterocycles. The molecule has 0 fully saturated rings. The number of benzene rings is 2. The van der Waals surface area contributed by atoms with E-state index in [0.29, 0.717) is 22.0 Å². The van der Waals surface area contributed by atoms with Gasteiger partial charge in [-0.25, -0.2) is 0 Å². The summed E-state index contributed by atoms with van der Waals surface area (Å²) in [7, 11) is 1.57. The Hall–Kier alpha value is -2.40. The van der Waals surface area contributed by atoms with Gasteiger partial charge in [0.2, 0.25) is 5.69 Å². The molecule has 0 aliphatic heterocycles. The summed E-state index contributed by atoms with van der Waals surface area (Å²) in [6, 6.07) is 13.5. The molecule has 0 spiro atoms. The van der Waals surface area contributed by atoms with Gasteiger partial charge in [0, 0.05) is 17.2 Å². The molecule has 0 unspecified atom stereocenters. The van der Waals surface area contributed by atoms with Gasteiger partial charge in [0.25, 0.3) is 0 Å².